The van der Waals surface area contributed by atoms with Crippen molar-refractivity contribution in [3.63, 3.8) is 0 Å². The Morgan fingerprint density at radius 1 is 1.18 bits per heavy atom. The Labute approximate surface area is 100 Å². The number of hydrogen-bond acceptors (Lipinski definition) is 5. The van der Waals surface area contributed by atoms with Crippen LogP contribution in [-0.2, 0) is 9.59 Å². The molecule has 7 N–H and O–H groups in total. The number of aliphatic carboxylic acids is 2. The zero-order chi connectivity index (χ0) is 14.0. The molecule has 0 saturated carbocycles. The van der Waals surface area contributed by atoms with Gasteiger partial charge in [0.2, 0.25) is 0 Å². The first-order chi connectivity index (χ1) is 7.73. The van der Waals surface area contributed by atoms with E-state index in [1.807, 2.05) is 6.92 Å². The van der Waals surface area contributed by atoms with Gasteiger partial charge in [-0.05, 0) is 13.3 Å². The summed E-state index contributed by atoms with van der Waals surface area (Å²) >= 11 is 0. The van der Waals surface area contributed by atoms with Gasteiger partial charge in [0.15, 0.2) is 0 Å². The number of carbonyl (C=O) groups is 2. The van der Waals surface area contributed by atoms with Crippen LogP contribution in [-0.4, -0.2) is 45.4 Å². The Morgan fingerprint density at radius 2 is 1.65 bits per heavy atom. The van der Waals surface area contributed by atoms with E-state index in [0.717, 1.165) is 12.8 Å². The third-order valence-electron chi connectivity index (χ3n) is 1.99. The fourth-order valence-electron chi connectivity index (χ4n) is 0.754. The van der Waals surface area contributed by atoms with Crippen molar-refractivity contribution in [2.75, 3.05) is 0 Å². The lowest BCUT2D eigenvalue weighted by molar-refractivity contribution is -0.141. The van der Waals surface area contributed by atoms with E-state index < -0.39 is 30.1 Å². The third-order valence-corrected chi connectivity index (χ3v) is 1.99. The fourth-order valence-corrected chi connectivity index (χ4v) is 0.754. The molecular formula is C10H22N2O5. The van der Waals surface area contributed by atoms with Crippen LogP contribution < -0.4 is 11.5 Å². The summed E-state index contributed by atoms with van der Waals surface area (Å²) < 4.78 is 0. The second-order valence-electron chi connectivity index (χ2n) is 3.69. The lowest BCUT2D eigenvalue weighted by Gasteiger charge is -2.06. The first-order valence-corrected chi connectivity index (χ1v) is 5.38. The maximum absolute atomic E-state index is 10.1. The second-order valence-corrected chi connectivity index (χ2v) is 3.69. The van der Waals surface area contributed by atoms with E-state index in [9.17, 15) is 9.59 Å². The summed E-state index contributed by atoms with van der Waals surface area (Å²) in [5.74, 6) is -2.08. The number of hydrogen-bond donors (Lipinski definition) is 5. The van der Waals surface area contributed by atoms with Gasteiger partial charge in [-0.1, -0.05) is 19.8 Å². The van der Waals surface area contributed by atoms with Crippen LogP contribution in [0.3, 0.4) is 0 Å². The largest absolute Gasteiger partial charge is 0.480 e. The Morgan fingerprint density at radius 3 is 1.82 bits per heavy atom. The molecule has 0 fully saturated rings. The van der Waals surface area contributed by atoms with Gasteiger partial charge in [-0.3, -0.25) is 9.59 Å². The van der Waals surface area contributed by atoms with Crippen LogP contribution in [0.25, 0.3) is 0 Å². The van der Waals surface area contributed by atoms with E-state index in [2.05, 4.69) is 0 Å². The molecule has 3 atom stereocenters. The zero-order valence-corrected chi connectivity index (χ0v) is 10.2. The molecule has 0 spiro atoms. The van der Waals surface area contributed by atoms with Gasteiger partial charge < -0.3 is 26.8 Å². The normalized spacial score (nSPS) is 15.1. The van der Waals surface area contributed by atoms with Gasteiger partial charge >= 0.3 is 11.9 Å². The highest BCUT2D eigenvalue weighted by Gasteiger charge is 2.16. The van der Waals surface area contributed by atoms with E-state index in [1.54, 1.807) is 0 Å². The first-order valence-electron chi connectivity index (χ1n) is 5.38. The van der Waals surface area contributed by atoms with Crippen LogP contribution in [0, 0.1) is 0 Å². The first kappa shape index (κ1) is 18.2. The minimum atomic E-state index is -1.18. The number of unbranched alkanes of at least 4 members (excludes halogenated alkanes) is 1. The molecule has 0 aliphatic rings. The molecule has 0 saturated heterocycles. The van der Waals surface area contributed by atoms with Gasteiger partial charge in [0, 0.05) is 0 Å². The molecule has 7 nitrogen and oxygen atoms in total. The highest BCUT2D eigenvalue weighted by Crippen LogP contribution is 1.96. The van der Waals surface area contributed by atoms with E-state index in [0.29, 0.717) is 6.42 Å². The summed E-state index contributed by atoms with van der Waals surface area (Å²) in [7, 11) is 0. The monoisotopic (exact) mass is 250 g/mol. The molecule has 0 rings (SSSR count). The van der Waals surface area contributed by atoms with Crippen LogP contribution in [0.1, 0.15) is 33.1 Å². The number of aliphatic hydroxyl groups is 1. The molecule has 0 aromatic carbocycles. The Balaban J connectivity index is 0. The molecule has 0 bridgehead atoms. The van der Waals surface area contributed by atoms with Crippen molar-refractivity contribution in [2.24, 2.45) is 11.5 Å². The highest BCUT2D eigenvalue weighted by atomic mass is 16.4. The van der Waals surface area contributed by atoms with Gasteiger partial charge in [0.1, 0.15) is 12.1 Å². The fraction of sp³-hybridized carbons (Fsp3) is 0.800. The number of rotatable bonds is 6. The van der Waals surface area contributed by atoms with Crippen molar-refractivity contribution in [1.29, 1.82) is 0 Å². The van der Waals surface area contributed by atoms with Crippen LogP contribution in [0.4, 0.5) is 0 Å². The quantitative estimate of drug-likeness (QED) is 0.421. The molecule has 102 valence electrons. The second kappa shape index (κ2) is 10.0. The van der Waals surface area contributed by atoms with Crippen molar-refractivity contribution < 1.29 is 24.9 Å². The minimum Gasteiger partial charge on any atom is -0.480 e. The molecule has 0 aromatic heterocycles. The van der Waals surface area contributed by atoms with Gasteiger partial charge in [0.05, 0.1) is 6.10 Å². The van der Waals surface area contributed by atoms with Crippen LogP contribution >= 0.6 is 0 Å². The minimum absolute atomic E-state index is 0.589. The molecule has 0 amide bonds. The summed E-state index contributed by atoms with van der Waals surface area (Å²) in [6.07, 6.45) is 1.51. The van der Waals surface area contributed by atoms with Crippen LogP contribution in [0.15, 0.2) is 0 Å². The number of carboxylic acid groups (broad SMARTS) is 2. The number of carboxylic acids is 2. The predicted molar refractivity (Wildman–Crippen MR) is 62.4 cm³/mol. The van der Waals surface area contributed by atoms with Crippen molar-refractivity contribution >= 4 is 11.9 Å². The third kappa shape index (κ3) is 11.1. The summed E-state index contributed by atoms with van der Waals surface area (Å²) in [6, 6.07) is -1.82. The zero-order valence-electron chi connectivity index (χ0n) is 10.2. The summed E-state index contributed by atoms with van der Waals surface area (Å²) in [5.41, 5.74) is 10.1. The van der Waals surface area contributed by atoms with Crippen molar-refractivity contribution in [3.8, 4) is 0 Å². The highest BCUT2D eigenvalue weighted by molar-refractivity contribution is 5.73. The van der Waals surface area contributed by atoms with E-state index in [4.69, 9.17) is 26.8 Å². The summed E-state index contributed by atoms with van der Waals surface area (Å²) in [6.45, 7) is 3.34. The van der Waals surface area contributed by atoms with Crippen LogP contribution in [0.5, 0.6) is 0 Å². The number of aliphatic hydroxyl groups excluding tert-OH is 1. The molecule has 0 aliphatic carbocycles. The van der Waals surface area contributed by atoms with Crippen molar-refractivity contribution in [3.05, 3.63) is 0 Å². The summed E-state index contributed by atoms with van der Waals surface area (Å²) in [4.78, 5) is 19.9. The van der Waals surface area contributed by atoms with Crippen molar-refractivity contribution in [1.82, 2.24) is 0 Å². The Bertz CT molecular complexity index is 233. The SMILES string of the molecule is CCCC[C@H](N)C(=O)O.C[C@H](O)[C@@H](N)C(=O)O. The average Bonchev–Trinajstić information content (AvgIpc) is 2.25. The molecule has 0 radical (unpaired) electrons. The molecule has 0 aliphatic heterocycles. The Hall–Kier alpha value is -1.18. The lowest BCUT2D eigenvalue weighted by Crippen LogP contribution is -2.39. The average molecular weight is 250 g/mol. The molecular weight excluding hydrogens is 228 g/mol. The van der Waals surface area contributed by atoms with E-state index in [1.165, 1.54) is 6.92 Å². The molecule has 17 heavy (non-hydrogen) atoms. The van der Waals surface area contributed by atoms with Crippen LogP contribution in [0.2, 0.25) is 0 Å². The molecule has 0 heterocycles. The number of nitrogens with two attached hydrogens (primary N) is 2. The smallest absolute Gasteiger partial charge is 0.323 e. The topological polar surface area (TPSA) is 147 Å². The van der Waals surface area contributed by atoms with E-state index >= 15 is 0 Å². The summed E-state index contributed by atoms with van der Waals surface area (Å²) in [5, 5.41) is 24.8. The molecule has 0 unspecified atom stereocenters. The van der Waals surface area contributed by atoms with Crippen molar-refractivity contribution in [2.45, 2.75) is 51.3 Å². The molecule has 7 heteroatoms. The lowest BCUT2D eigenvalue weighted by atomic mass is 10.1. The van der Waals surface area contributed by atoms with Gasteiger partial charge in [-0.25, -0.2) is 0 Å². The van der Waals surface area contributed by atoms with Gasteiger partial charge in [-0.15, -0.1) is 0 Å². The maximum atomic E-state index is 10.1. The predicted octanol–water partition coefficient (Wildman–Crippen LogP) is -0.632. The standard InChI is InChI=1S/C6H13NO2.C4H9NO3/c1-2-3-4-5(7)6(8)9;1-2(6)3(5)4(7)8/h5H,2-4,7H2,1H3,(H,8,9);2-3,6H,5H2,1H3,(H,7,8)/t5-;2-,3+/m00/s1. The molecule has 0 aromatic rings. The van der Waals surface area contributed by atoms with Gasteiger partial charge in [-0.2, -0.15) is 0 Å². The Kier molecular flexibility index (Phi) is 10.7. The van der Waals surface area contributed by atoms with E-state index in [-0.39, 0.29) is 0 Å². The maximum Gasteiger partial charge on any atom is 0.323 e. The van der Waals surface area contributed by atoms with Gasteiger partial charge in [0.25, 0.3) is 0 Å².